The third kappa shape index (κ3) is 2.92. The van der Waals surface area contributed by atoms with E-state index in [0.717, 1.165) is 10.4 Å². The Kier molecular flexibility index (Phi) is 3.83. The van der Waals surface area contributed by atoms with Gasteiger partial charge in [-0.15, -0.1) is 11.3 Å². The molecule has 4 nitrogen and oxygen atoms in total. The molecular formula is C14H12N2O2S. The lowest BCUT2D eigenvalue weighted by Gasteiger charge is -2.01. The third-order valence-electron chi connectivity index (χ3n) is 2.69. The number of methoxy groups -OCH3 is 1. The second-order valence-corrected chi connectivity index (χ2v) is 5.14. The van der Waals surface area contributed by atoms with Crippen molar-refractivity contribution in [1.29, 1.82) is 5.26 Å². The number of nitriles is 1. The van der Waals surface area contributed by atoms with Crippen molar-refractivity contribution in [2.24, 2.45) is 0 Å². The molecule has 1 heterocycles. The number of nitrogen functional groups attached to an aromatic ring is 1. The maximum Gasteiger partial charge on any atom is 0.337 e. The van der Waals surface area contributed by atoms with Crippen LogP contribution in [0.2, 0.25) is 0 Å². The van der Waals surface area contributed by atoms with Gasteiger partial charge in [0.2, 0.25) is 0 Å². The zero-order valence-electron chi connectivity index (χ0n) is 10.3. The minimum absolute atomic E-state index is 0.348. The summed E-state index contributed by atoms with van der Waals surface area (Å²) in [6, 6.07) is 11.0. The van der Waals surface area contributed by atoms with Gasteiger partial charge in [0.25, 0.3) is 0 Å². The van der Waals surface area contributed by atoms with Crippen LogP contribution < -0.4 is 5.73 Å². The fourth-order valence-corrected chi connectivity index (χ4v) is 2.62. The molecule has 19 heavy (non-hydrogen) atoms. The molecule has 0 aliphatic heterocycles. The van der Waals surface area contributed by atoms with Crippen LogP contribution in [-0.2, 0) is 11.2 Å². The summed E-state index contributed by atoms with van der Waals surface area (Å²) in [5.74, 6) is -0.348. The highest BCUT2D eigenvalue weighted by Gasteiger charge is 2.08. The van der Waals surface area contributed by atoms with E-state index in [1.807, 2.05) is 12.1 Å². The summed E-state index contributed by atoms with van der Waals surface area (Å²) < 4.78 is 4.64. The fraction of sp³-hybridized carbons (Fsp3) is 0.143. The first-order valence-corrected chi connectivity index (χ1v) is 6.41. The Morgan fingerprint density at radius 1 is 1.42 bits per heavy atom. The first-order chi connectivity index (χ1) is 9.13. The lowest BCUT2D eigenvalue weighted by atomic mass is 10.1. The first kappa shape index (κ1) is 13.1. The second-order valence-electron chi connectivity index (χ2n) is 3.97. The standard InChI is InChI=1S/C14H12N2O2S/c1-18-14(17)10-4-2-9(3-5-10)6-12-7-11(8-15)13(16)19-12/h2-5,7H,6,16H2,1H3. The Hall–Kier alpha value is -2.32. The number of carbonyl (C=O) groups is 1. The number of benzene rings is 1. The van der Waals surface area contributed by atoms with E-state index in [1.165, 1.54) is 18.4 Å². The third-order valence-corrected chi connectivity index (χ3v) is 3.65. The second kappa shape index (κ2) is 5.55. The molecule has 0 amide bonds. The minimum atomic E-state index is -0.348. The van der Waals surface area contributed by atoms with Gasteiger partial charge in [0.15, 0.2) is 0 Å². The molecule has 0 radical (unpaired) electrons. The lowest BCUT2D eigenvalue weighted by Crippen LogP contribution is -2.00. The molecule has 2 rings (SSSR count). The van der Waals surface area contributed by atoms with Gasteiger partial charge >= 0.3 is 5.97 Å². The van der Waals surface area contributed by atoms with Crippen LogP contribution in [0.3, 0.4) is 0 Å². The number of anilines is 1. The summed E-state index contributed by atoms with van der Waals surface area (Å²) in [6.45, 7) is 0. The first-order valence-electron chi connectivity index (χ1n) is 5.59. The molecule has 5 heteroatoms. The average molecular weight is 272 g/mol. The van der Waals surface area contributed by atoms with Crippen molar-refractivity contribution in [3.05, 3.63) is 51.9 Å². The number of nitrogens with two attached hydrogens (primary N) is 1. The highest BCUT2D eigenvalue weighted by Crippen LogP contribution is 2.26. The summed E-state index contributed by atoms with van der Waals surface area (Å²) in [6.07, 6.45) is 0.692. The van der Waals surface area contributed by atoms with E-state index >= 15 is 0 Å². The Morgan fingerprint density at radius 3 is 2.63 bits per heavy atom. The molecule has 0 bridgehead atoms. The Balaban J connectivity index is 2.15. The summed E-state index contributed by atoms with van der Waals surface area (Å²) in [4.78, 5) is 12.3. The maximum atomic E-state index is 11.3. The predicted molar refractivity (Wildman–Crippen MR) is 74.0 cm³/mol. The highest BCUT2D eigenvalue weighted by molar-refractivity contribution is 7.16. The Morgan fingerprint density at radius 2 is 2.11 bits per heavy atom. The van der Waals surface area contributed by atoms with E-state index in [4.69, 9.17) is 11.0 Å². The molecule has 0 saturated heterocycles. The van der Waals surface area contributed by atoms with E-state index in [9.17, 15) is 4.79 Å². The number of ether oxygens (including phenoxy) is 1. The number of hydrogen-bond acceptors (Lipinski definition) is 5. The summed E-state index contributed by atoms with van der Waals surface area (Å²) in [5, 5.41) is 9.39. The molecule has 96 valence electrons. The van der Waals surface area contributed by atoms with Crippen molar-refractivity contribution < 1.29 is 9.53 Å². The quantitative estimate of drug-likeness (QED) is 0.871. The monoisotopic (exact) mass is 272 g/mol. The Labute approximate surface area is 115 Å². The van der Waals surface area contributed by atoms with E-state index in [1.54, 1.807) is 18.2 Å². The normalized spacial score (nSPS) is 9.89. The number of nitrogens with zero attached hydrogens (tertiary/aromatic N) is 1. The van der Waals surface area contributed by atoms with Gasteiger partial charge < -0.3 is 10.5 Å². The van der Waals surface area contributed by atoms with Gasteiger partial charge in [0.05, 0.1) is 18.2 Å². The molecule has 2 aromatic rings. The van der Waals surface area contributed by atoms with Gasteiger partial charge in [-0.1, -0.05) is 12.1 Å². The molecule has 0 aliphatic rings. The van der Waals surface area contributed by atoms with Crippen LogP contribution in [0.15, 0.2) is 30.3 Å². The van der Waals surface area contributed by atoms with Crippen LogP contribution >= 0.6 is 11.3 Å². The number of rotatable bonds is 3. The topological polar surface area (TPSA) is 76.1 Å². The molecule has 0 atom stereocenters. The molecule has 1 aromatic heterocycles. The van der Waals surface area contributed by atoms with Crippen molar-refractivity contribution >= 4 is 22.3 Å². The molecule has 0 aliphatic carbocycles. The fourth-order valence-electron chi connectivity index (χ4n) is 1.71. The van der Waals surface area contributed by atoms with Gasteiger partial charge in [0.1, 0.15) is 11.1 Å². The van der Waals surface area contributed by atoms with Crippen LogP contribution in [-0.4, -0.2) is 13.1 Å². The SMILES string of the molecule is COC(=O)c1ccc(Cc2cc(C#N)c(N)s2)cc1. The zero-order valence-corrected chi connectivity index (χ0v) is 11.2. The number of hydrogen-bond donors (Lipinski definition) is 1. The van der Waals surface area contributed by atoms with E-state index in [-0.39, 0.29) is 5.97 Å². The lowest BCUT2D eigenvalue weighted by molar-refractivity contribution is 0.0600. The summed E-state index contributed by atoms with van der Waals surface area (Å²) >= 11 is 1.41. The predicted octanol–water partition coefficient (Wildman–Crippen LogP) is 2.58. The zero-order chi connectivity index (χ0) is 13.8. The number of thiophene rings is 1. The largest absolute Gasteiger partial charge is 0.465 e. The highest BCUT2D eigenvalue weighted by atomic mass is 32.1. The average Bonchev–Trinajstić information content (AvgIpc) is 2.78. The minimum Gasteiger partial charge on any atom is -0.465 e. The van der Waals surface area contributed by atoms with Crippen LogP contribution in [0, 0.1) is 11.3 Å². The molecule has 1 aromatic carbocycles. The van der Waals surface area contributed by atoms with Gasteiger partial charge in [-0.3, -0.25) is 0 Å². The Bertz CT molecular complexity index is 638. The van der Waals surface area contributed by atoms with E-state index in [0.29, 0.717) is 22.5 Å². The van der Waals surface area contributed by atoms with Gasteiger partial charge in [-0.25, -0.2) is 4.79 Å². The van der Waals surface area contributed by atoms with Crippen molar-refractivity contribution in [2.75, 3.05) is 12.8 Å². The van der Waals surface area contributed by atoms with Gasteiger partial charge in [-0.05, 0) is 23.8 Å². The van der Waals surface area contributed by atoms with Gasteiger partial charge in [0, 0.05) is 11.3 Å². The summed E-state index contributed by atoms with van der Waals surface area (Å²) in [5.41, 5.74) is 7.82. The summed E-state index contributed by atoms with van der Waals surface area (Å²) in [7, 11) is 1.36. The van der Waals surface area contributed by atoms with E-state index in [2.05, 4.69) is 10.8 Å². The van der Waals surface area contributed by atoms with Crippen LogP contribution in [0.25, 0.3) is 0 Å². The number of carbonyl (C=O) groups excluding carboxylic acids is 1. The number of esters is 1. The van der Waals surface area contributed by atoms with Crippen LogP contribution in [0.4, 0.5) is 5.00 Å². The molecular weight excluding hydrogens is 260 g/mol. The van der Waals surface area contributed by atoms with Crippen molar-refractivity contribution in [1.82, 2.24) is 0 Å². The van der Waals surface area contributed by atoms with Crippen molar-refractivity contribution in [2.45, 2.75) is 6.42 Å². The van der Waals surface area contributed by atoms with Crippen LogP contribution in [0.1, 0.15) is 26.4 Å². The van der Waals surface area contributed by atoms with Crippen molar-refractivity contribution in [3.8, 4) is 6.07 Å². The van der Waals surface area contributed by atoms with Gasteiger partial charge in [-0.2, -0.15) is 5.26 Å². The molecule has 0 unspecified atom stereocenters. The van der Waals surface area contributed by atoms with Crippen LogP contribution in [0.5, 0.6) is 0 Å². The maximum absolute atomic E-state index is 11.3. The van der Waals surface area contributed by atoms with Crippen molar-refractivity contribution in [3.63, 3.8) is 0 Å². The molecule has 2 N–H and O–H groups in total. The molecule has 0 saturated carbocycles. The smallest absolute Gasteiger partial charge is 0.337 e. The molecule has 0 fully saturated rings. The van der Waals surface area contributed by atoms with E-state index < -0.39 is 0 Å². The molecule has 0 spiro atoms.